The van der Waals surface area contributed by atoms with Gasteiger partial charge in [-0.25, -0.2) is 9.97 Å². The number of nitrogens with zero attached hydrogens (tertiary/aromatic N) is 6. The van der Waals surface area contributed by atoms with Gasteiger partial charge in [0.05, 0.1) is 6.42 Å². The Morgan fingerprint density at radius 2 is 1.52 bits per heavy atom. The maximum Gasteiger partial charge on any atom is 0.231 e. The number of carbonyl (C=O) groups excluding carboxylic acids is 1. The highest BCUT2D eigenvalue weighted by molar-refractivity contribution is 5.79. The fraction of sp³-hybridized carbons (Fsp3) is 0.500. The summed E-state index contributed by atoms with van der Waals surface area (Å²) >= 11 is 0. The van der Waals surface area contributed by atoms with Gasteiger partial charge < -0.3 is 29.1 Å². The van der Waals surface area contributed by atoms with Gasteiger partial charge >= 0.3 is 0 Å². The van der Waals surface area contributed by atoms with Crippen molar-refractivity contribution >= 4 is 17.5 Å². The summed E-state index contributed by atoms with van der Waals surface area (Å²) in [6.45, 7) is 7.22. The van der Waals surface area contributed by atoms with Crippen molar-refractivity contribution in [2.24, 2.45) is 0 Å². The molecule has 1 amide bonds. The molecule has 2 saturated heterocycles. The number of hydrogen-bond donors (Lipinski definition) is 0. The average Bonchev–Trinajstić information content (AvgIpc) is 3.28. The maximum absolute atomic E-state index is 12.8. The summed E-state index contributed by atoms with van der Waals surface area (Å²) in [5.41, 5.74) is 0.948. The quantitative estimate of drug-likeness (QED) is 0.715. The number of benzene rings is 1. The van der Waals surface area contributed by atoms with Crippen molar-refractivity contribution < 1.29 is 14.3 Å². The molecule has 9 heteroatoms. The third-order valence-corrected chi connectivity index (χ3v) is 6.21. The predicted octanol–water partition coefficient (Wildman–Crippen LogP) is 0.848. The predicted molar refractivity (Wildman–Crippen MR) is 117 cm³/mol. The summed E-state index contributed by atoms with van der Waals surface area (Å²) in [5.74, 6) is 3.52. The lowest BCUT2D eigenvalue weighted by atomic mass is 10.1. The highest BCUT2D eigenvalue weighted by Crippen LogP contribution is 2.32. The van der Waals surface area contributed by atoms with E-state index in [-0.39, 0.29) is 12.7 Å². The number of amides is 1. The summed E-state index contributed by atoms with van der Waals surface area (Å²) in [5, 5.41) is 0. The van der Waals surface area contributed by atoms with Crippen LogP contribution in [0.1, 0.15) is 5.56 Å². The molecule has 0 unspecified atom stereocenters. The van der Waals surface area contributed by atoms with Gasteiger partial charge in [0.1, 0.15) is 18.0 Å². The molecule has 0 aliphatic carbocycles. The van der Waals surface area contributed by atoms with Crippen molar-refractivity contribution in [3.63, 3.8) is 0 Å². The molecule has 0 spiro atoms. The van der Waals surface area contributed by atoms with E-state index < -0.39 is 0 Å². The van der Waals surface area contributed by atoms with Crippen molar-refractivity contribution in [3.05, 3.63) is 36.2 Å². The van der Waals surface area contributed by atoms with Gasteiger partial charge in [0, 0.05) is 58.4 Å². The first-order valence-electron chi connectivity index (χ1n) is 10.8. The minimum atomic E-state index is 0.138. The summed E-state index contributed by atoms with van der Waals surface area (Å²) < 4.78 is 10.8. The molecule has 0 N–H and O–H groups in total. The topological polar surface area (TPSA) is 74.3 Å². The van der Waals surface area contributed by atoms with E-state index in [9.17, 15) is 4.79 Å². The van der Waals surface area contributed by atoms with Crippen molar-refractivity contribution in [1.29, 1.82) is 0 Å². The number of fused-ring (bicyclic) bond motifs is 1. The van der Waals surface area contributed by atoms with Crippen LogP contribution in [0.5, 0.6) is 11.5 Å². The van der Waals surface area contributed by atoms with Gasteiger partial charge in [0.25, 0.3) is 0 Å². The summed E-state index contributed by atoms with van der Waals surface area (Å²) in [6, 6.07) is 7.78. The molecule has 3 aliphatic rings. The van der Waals surface area contributed by atoms with Gasteiger partial charge in [-0.2, -0.15) is 0 Å². The van der Waals surface area contributed by atoms with Crippen LogP contribution in [-0.4, -0.2) is 91.9 Å². The van der Waals surface area contributed by atoms with Gasteiger partial charge in [-0.1, -0.05) is 6.07 Å². The fourth-order valence-corrected chi connectivity index (χ4v) is 4.24. The molecule has 0 saturated carbocycles. The summed E-state index contributed by atoms with van der Waals surface area (Å²) in [7, 11) is 2.15. The monoisotopic (exact) mass is 424 g/mol. The maximum atomic E-state index is 12.8. The molecule has 31 heavy (non-hydrogen) atoms. The molecular weight excluding hydrogens is 396 g/mol. The Hall–Kier alpha value is -3.07. The number of piperazine rings is 2. The Kier molecular flexibility index (Phi) is 5.50. The van der Waals surface area contributed by atoms with E-state index in [4.69, 9.17) is 9.47 Å². The SMILES string of the molecule is CN1CCN(c2cc(N3CCN(C(=O)Cc4ccc5c(c4)OCO5)CC3)ncn2)CC1. The van der Waals surface area contributed by atoms with E-state index in [0.717, 1.165) is 68.0 Å². The Morgan fingerprint density at radius 1 is 0.871 bits per heavy atom. The molecule has 9 nitrogen and oxygen atoms in total. The Morgan fingerprint density at radius 3 is 2.23 bits per heavy atom. The Bertz CT molecular complexity index is 939. The molecule has 0 radical (unpaired) electrons. The second-order valence-electron chi connectivity index (χ2n) is 8.26. The van der Waals surface area contributed by atoms with Crippen LogP contribution >= 0.6 is 0 Å². The molecule has 4 heterocycles. The first kappa shape index (κ1) is 19.9. The first-order valence-corrected chi connectivity index (χ1v) is 10.8. The number of likely N-dealkylation sites (N-methyl/N-ethyl adjacent to an activating group) is 1. The Balaban J connectivity index is 1.17. The van der Waals surface area contributed by atoms with Gasteiger partial charge in [-0.15, -0.1) is 0 Å². The zero-order chi connectivity index (χ0) is 21.2. The third-order valence-electron chi connectivity index (χ3n) is 6.21. The second kappa shape index (κ2) is 8.58. The van der Waals surface area contributed by atoms with Gasteiger partial charge in [0.15, 0.2) is 11.5 Å². The normalized spacial score (nSPS) is 19.1. The standard InChI is InChI=1S/C22H28N6O3/c1-25-4-6-26(7-5-25)20-14-21(24-15-23-20)27-8-10-28(11-9-27)22(29)13-17-2-3-18-19(12-17)31-16-30-18/h2-3,12,14-15H,4-11,13,16H2,1H3. The molecule has 2 aromatic rings. The van der Waals surface area contributed by atoms with Crippen molar-refractivity contribution in [2.45, 2.75) is 6.42 Å². The van der Waals surface area contributed by atoms with E-state index in [1.54, 1.807) is 6.33 Å². The Labute approximate surface area is 182 Å². The molecular formula is C22H28N6O3. The van der Waals surface area contributed by atoms with Crippen LogP contribution in [0, 0.1) is 0 Å². The fourth-order valence-electron chi connectivity index (χ4n) is 4.24. The van der Waals surface area contributed by atoms with Crippen LogP contribution in [0.4, 0.5) is 11.6 Å². The highest BCUT2D eigenvalue weighted by Gasteiger charge is 2.24. The number of carbonyl (C=O) groups is 1. The molecule has 1 aromatic carbocycles. The summed E-state index contributed by atoms with van der Waals surface area (Å²) in [4.78, 5) is 30.6. The van der Waals surface area contributed by atoms with Gasteiger partial charge in [0.2, 0.25) is 12.7 Å². The zero-order valence-electron chi connectivity index (χ0n) is 17.9. The second-order valence-corrected chi connectivity index (χ2v) is 8.26. The van der Waals surface area contributed by atoms with Crippen LogP contribution in [0.25, 0.3) is 0 Å². The minimum absolute atomic E-state index is 0.138. The molecule has 3 aliphatic heterocycles. The van der Waals surface area contributed by atoms with E-state index in [0.29, 0.717) is 19.5 Å². The van der Waals surface area contributed by atoms with Crippen molar-refractivity contribution in [3.8, 4) is 11.5 Å². The van der Waals surface area contributed by atoms with Crippen LogP contribution in [0.3, 0.4) is 0 Å². The smallest absolute Gasteiger partial charge is 0.231 e. The summed E-state index contributed by atoms with van der Waals surface area (Å²) in [6.07, 6.45) is 2.03. The number of rotatable bonds is 4. The minimum Gasteiger partial charge on any atom is -0.454 e. The van der Waals surface area contributed by atoms with E-state index in [1.165, 1.54) is 0 Å². The lowest BCUT2D eigenvalue weighted by Crippen LogP contribution is -2.49. The molecule has 164 valence electrons. The van der Waals surface area contributed by atoms with Crippen LogP contribution in [-0.2, 0) is 11.2 Å². The van der Waals surface area contributed by atoms with Crippen LogP contribution in [0.2, 0.25) is 0 Å². The highest BCUT2D eigenvalue weighted by atomic mass is 16.7. The lowest BCUT2D eigenvalue weighted by molar-refractivity contribution is -0.130. The number of anilines is 2. The number of ether oxygens (including phenoxy) is 2. The largest absolute Gasteiger partial charge is 0.454 e. The molecule has 1 aromatic heterocycles. The first-order chi connectivity index (χ1) is 15.2. The van der Waals surface area contributed by atoms with E-state index >= 15 is 0 Å². The van der Waals surface area contributed by atoms with Crippen LogP contribution in [0.15, 0.2) is 30.6 Å². The van der Waals surface area contributed by atoms with Crippen LogP contribution < -0.4 is 19.3 Å². The average molecular weight is 425 g/mol. The third kappa shape index (κ3) is 4.36. The van der Waals surface area contributed by atoms with Gasteiger partial charge in [-0.3, -0.25) is 4.79 Å². The molecule has 2 fully saturated rings. The van der Waals surface area contributed by atoms with Crippen molar-refractivity contribution in [1.82, 2.24) is 19.8 Å². The lowest BCUT2D eigenvalue weighted by Gasteiger charge is -2.36. The zero-order valence-corrected chi connectivity index (χ0v) is 17.9. The molecule has 0 bridgehead atoms. The van der Waals surface area contributed by atoms with E-state index in [1.807, 2.05) is 23.1 Å². The molecule has 5 rings (SSSR count). The number of aromatic nitrogens is 2. The van der Waals surface area contributed by atoms with Crippen molar-refractivity contribution in [2.75, 3.05) is 76.0 Å². The number of hydrogen-bond acceptors (Lipinski definition) is 8. The van der Waals surface area contributed by atoms with Gasteiger partial charge in [-0.05, 0) is 24.7 Å². The van der Waals surface area contributed by atoms with E-state index in [2.05, 4.69) is 37.8 Å². The molecule has 0 atom stereocenters.